The first-order chi connectivity index (χ1) is 20.2. The monoisotopic (exact) mass is 603 g/mol. The molecule has 3 heterocycles. The topological polar surface area (TPSA) is 81.8 Å². The van der Waals surface area contributed by atoms with Gasteiger partial charge in [0, 0.05) is 51.0 Å². The third-order valence-electron chi connectivity index (χ3n) is 7.67. The van der Waals surface area contributed by atoms with Gasteiger partial charge in [-0.1, -0.05) is 36.1 Å². The van der Waals surface area contributed by atoms with Crippen molar-refractivity contribution in [2.45, 2.75) is 13.3 Å². The molecule has 1 amide bonds. The molecule has 0 bridgehead atoms. The van der Waals surface area contributed by atoms with E-state index >= 15 is 0 Å². The lowest BCUT2D eigenvalue weighted by atomic mass is 10.0. The van der Waals surface area contributed by atoms with Crippen LogP contribution in [0.4, 0.5) is 15.9 Å². The van der Waals surface area contributed by atoms with E-state index in [1.807, 2.05) is 24.3 Å². The summed E-state index contributed by atoms with van der Waals surface area (Å²) in [6.07, 6.45) is 2.40. The van der Waals surface area contributed by atoms with Gasteiger partial charge in [-0.15, -0.1) is 0 Å². The summed E-state index contributed by atoms with van der Waals surface area (Å²) in [5.74, 6) is 0.941. The van der Waals surface area contributed by atoms with Crippen molar-refractivity contribution in [3.63, 3.8) is 0 Å². The van der Waals surface area contributed by atoms with Gasteiger partial charge >= 0.3 is 0 Å². The number of piperazine rings is 1. The van der Waals surface area contributed by atoms with Crippen LogP contribution in [0.5, 0.6) is 5.75 Å². The molecule has 2 fully saturated rings. The van der Waals surface area contributed by atoms with Crippen molar-refractivity contribution in [2.24, 2.45) is 7.05 Å². The van der Waals surface area contributed by atoms with Crippen molar-refractivity contribution in [1.29, 1.82) is 5.26 Å². The van der Waals surface area contributed by atoms with Crippen LogP contribution in [-0.2, 0) is 18.3 Å². The highest BCUT2D eigenvalue weighted by Crippen LogP contribution is 2.36. The quantitative estimate of drug-likeness (QED) is 0.289. The Bertz CT molecular complexity index is 1650. The molecule has 0 unspecified atom stereocenters. The van der Waals surface area contributed by atoms with E-state index in [4.69, 9.17) is 17.0 Å². The van der Waals surface area contributed by atoms with Gasteiger partial charge in [0.1, 0.15) is 33.3 Å². The van der Waals surface area contributed by atoms with Crippen molar-refractivity contribution in [3.8, 4) is 11.8 Å². The molecule has 2 aliphatic rings. The van der Waals surface area contributed by atoms with E-state index < -0.39 is 0 Å². The van der Waals surface area contributed by atoms with Gasteiger partial charge in [0.05, 0.1) is 12.0 Å². The van der Waals surface area contributed by atoms with Crippen LogP contribution in [-0.4, -0.2) is 59.5 Å². The van der Waals surface area contributed by atoms with Crippen molar-refractivity contribution in [2.75, 3.05) is 49.6 Å². The summed E-state index contributed by atoms with van der Waals surface area (Å²) in [4.78, 5) is 33.0. The summed E-state index contributed by atoms with van der Waals surface area (Å²) in [6, 6.07) is 16.2. The molecule has 2 aliphatic heterocycles. The zero-order valence-corrected chi connectivity index (χ0v) is 25.2. The van der Waals surface area contributed by atoms with Crippen LogP contribution in [0.3, 0.4) is 0 Å². The molecular weight excluding hydrogens is 574 g/mol. The van der Waals surface area contributed by atoms with E-state index in [1.165, 1.54) is 28.5 Å². The van der Waals surface area contributed by atoms with Gasteiger partial charge in [-0.05, 0) is 66.9 Å². The average molecular weight is 604 g/mol. The standard InChI is InChI=1S/C31H30FN5O3S2/c1-20-25(18-27-30(39)37(31(41)42-27)13-12-21-4-10-24(40-3)11-5-21)28(34(2)29(38)26(20)19-33)36-16-14-35(15-17-36)23-8-6-22(32)7-9-23/h4-11,18H,12-17H2,1-3H3/b27-18-. The summed E-state index contributed by atoms with van der Waals surface area (Å²) >= 11 is 6.80. The molecule has 42 heavy (non-hydrogen) atoms. The third kappa shape index (κ3) is 5.78. The lowest BCUT2D eigenvalue weighted by Gasteiger charge is -2.38. The van der Waals surface area contributed by atoms with Crippen molar-refractivity contribution in [1.82, 2.24) is 9.47 Å². The van der Waals surface area contributed by atoms with E-state index in [0.29, 0.717) is 65.3 Å². The molecule has 0 saturated carbocycles. The number of amides is 1. The number of anilines is 2. The number of aromatic nitrogens is 1. The molecule has 0 aliphatic carbocycles. The first-order valence-electron chi connectivity index (χ1n) is 13.5. The molecule has 5 rings (SSSR count). The van der Waals surface area contributed by atoms with E-state index in [0.717, 1.165) is 17.0 Å². The van der Waals surface area contributed by atoms with Gasteiger partial charge in [0.15, 0.2) is 0 Å². The van der Waals surface area contributed by atoms with Crippen molar-refractivity contribution < 1.29 is 13.9 Å². The van der Waals surface area contributed by atoms with Crippen LogP contribution in [0, 0.1) is 24.1 Å². The Labute approximate surface area is 253 Å². The van der Waals surface area contributed by atoms with E-state index in [-0.39, 0.29) is 22.8 Å². The Morgan fingerprint density at radius 3 is 2.31 bits per heavy atom. The highest BCUT2D eigenvalue weighted by atomic mass is 32.2. The highest BCUT2D eigenvalue weighted by molar-refractivity contribution is 8.26. The minimum Gasteiger partial charge on any atom is -0.497 e. The van der Waals surface area contributed by atoms with Crippen LogP contribution < -0.4 is 20.1 Å². The molecule has 0 N–H and O–H groups in total. The minimum atomic E-state index is -0.379. The molecule has 2 saturated heterocycles. The van der Waals surface area contributed by atoms with Crippen LogP contribution in [0.25, 0.3) is 6.08 Å². The first kappa shape index (κ1) is 29.4. The summed E-state index contributed by atoms with van der Waals surface area (Å²) in [5, 5.41) is 9.80. The predicted octanol–water partition coefficient (Wildman–Crippen LogP) is 4.48. The second-order valence-electron chi connectivity index (χ2n) is 10.1. The molecule has 2 aromatic carbocycles. The van der Waals surface area contributed by atoms with Gasteiger partial charge in [0.25, 0.3) is 11.5 Å². The molecular formula is C31H30FN5O3S2. The predicted molar refractivity (Wildman–Crippen MR) is 169 cm³/mol. The number of nitrogens with zero attached hydrogens (tertiary/aromatic N) is 5. The number of methoxy groups -OCH3 is 1. The van der Waals surface area contributed by atoms with Gasteiger partial charge < -0.3 is 14.5 Å². The fourth-order valence-electron chi connectivity index (χ4n) is 5.28. The van der Waals surface area contributed by atoms with Crippen LogP contribution in [0.1, 0.15) is 22.3 Å². The number of hydrogen-bond donors (Lipinski definition) is 0. The number of nitriles is 1. The molecule has 0 spiro atoms. The average Bonchev–Trinajstić information content (AvgIpc) is 3.27. The highest BCUT2D eigenvalue weighted by Gasteiger charge is 2.33. The van der Waals surface area contributed by atoms with Crippen molar-refractivity contribution in [3.05, 3.63) is 91.9 Å². The maximum absolute atomic E-state index is 13.5. The fourth-order valence-corrected chi connectivity index (χ4v) is 6.57. The number of pyridine rings is 1. The molecule has 8 nitrogen and oxygen atoms in total. The number of halogens is 1. The maximum atomic E-state index is 13.5. The number of benzene rings is 2. The van der Waals surface area contributed by atoms with E-state index in [9.17, 15) is 19.2 Å². The van der Waals surface area contributed by atoms with Gasteiger partial charge in [-0.3, -0.25) is 19.1 Å². The minimum absolute atomic E-state index is 0.0485. The van der Waals surface area contributed by atoms with Gasteiger partial charge in [0.2, 0.25) is 0 Å². The Kier molecular flexibility index (Phi) is 8.66. The fraction of sp³-hybridized carbons (Fsp3) is 0.290. The van der Waals surface area contributed by atoms with Crippen LogP contribution in [0.15, 0.2) is 58.2 Å². The summed E-state index contributed by atoms with van der Waals surface area (Å²) in [5.41, 5.74) is 2.84. The molecule has 11 heteroatoms. The zero-order chi connectivity index (χ0) is 30.0. The van der Waals surface area contributed by atoms with E-state index in [2.05, 4.69) is 15.9 Å². The molecule has 216 valence electrons. The van der Waals surface area contributed by atoms with E-state index in [1.54, 1.807) is 44.2 Å². The van der Waals surface area contributed by atoms with Gasteiger partial charge in [-0.25, -0.2) is 4.39 Å². The lowest BCUT2D eigenvalue weighted by molar-refractivity contribution is -0.122. The largest absolute Gasteiger partial charge is 0.497 e. The zero-order valence-electron chi connectivity index (χ0n) is 23.6. The summed E-state index contributed by atoms with van der Waals surface area (Å²) < 4.78 is 20.6. The van der Waals surface area contributed by atoms with Gasteiger partial charge in [-0.2, -0.15) is 5.26 Å². The lowest BCUT2D eigenvalue weighted by Crippen LogP contribution is -2.48. The Morgan fingerprint density at radius 1 is 1.05 bits per heavy atom. The molecule has 0 atom stereocenters. The smallest absolute Gasteiger partial charge is 0.270 e. The first-order valence-corrected chi connectivity index (χ1v) is 14.7. The number of ether oxygens (including phenoxy) is 1. The normalized spacial score (nSPS) is 16.4. The number of thioether (sulfide) groups is 1. The summed E-state index contributed by atoms with van der Waals surface area (Å²) in [7, 11) is 3.27. The number of hydrogen-bond acceptors (Lipinski definition) is 8. The van der Waals surface area contributed by atoms with Crippen LogP contribution in [0.2, 0.25) is 0 Å². The maximum Gasteiger partial charge on any atom is 0.270 e. The van der Waals surface area contributed by atoms with Crippen molar-refractivity contribution >= 4 is 51.8 Å². The second kappa shape index (κ2) is 12.4. The number of rotatable bonds is 7. The Balaban J connectivity index is 1.42. The molecule has 3 aromatic rings. The third-order valence-corrected chi connectivity index (χ3v) is 9.05. The molecule has 1 aromatic heterocycles. The number of carbonyl (C=O) groups excluding carboxylic acids is 1. The second-order valence-corrected chi connectivity index (χ2v) is 11.8. The Morgan fingerprint density at radius 2 is 1.69 bits per heavy atom. The number of carbonyl (C=O) groups is 1. The Hall–Kier alpha value is -4.14. The van der Waals surface area contributed by atoms with Crippen LogP contribution >= 0.6 is 24.0 Å². The summed E-state index contributed by atoms with van der Waals surface area (Å²) in [6.45, 7) is 4.69. The SMILES string of the molecule is COc1ccc(CCN2C(=O)/C(=C/c3c(C)c(C#N)c(=O)n(C)c3N3CCN(c4ccc(F)cc4)CC3)SC2=S)cc1. The number of thiocarbonyl (C=S) groups is 1. The molecule has 0 radical (unpaired) electrons.